The van der Waals surface area contributed by atoms with Crippen molar-refractivity contribution in [2.24, 2.45) is 0 Å². The molecular formula is C20H19N3O2. The molecular weight excluding hydrogens is 314 g/mol. The maximum Gasteiger partial charge on any atom is 0.244 e. The first-order chi connectivity index (χ1) is 11.9. The molecule has 0 spiro atoms. The standard InChI is InChI=1S/C20H19N3O2/c1-20(2)11-19(25)23(17-9-4-3-8-16(17)20)13-18(24)22-15-7-5-6-14(10-15)12-21/h3-10H,11,13H2,1-2H3,(H,22,24). The minimum absolute atomic E-state index is 0.0529. The highest BCUT2D eigenvalue weighted by Gasteiger charge is 2.36. The van der Waals surface area contributed by atoms with E-state index in [-0.39, 0.29) is 23.8 Å². The molecule has 0 aliphatic carbocycles. The van der Waals surface area contributed by atoms with E-state index in [1.54, 1.807) is 24.3 Å². The van der Waals surface area contributed by atoms with Gasteiger partial charge in [-0.25, -0.2) is 0 Å². The monoisotopic (exact) mass is 333 g/mol. The SMILES string of the molecule is CC1(C)CC(=O)N(CC(=O)Nc2cccc(C#N)c2)c2ccccc21. The molecule has 5 nitrogen and oxygen atoms in total. The zero-order chi connectivity index (χ0) is 18.0. The van der Waals surface area contributed by atoms with Gasteiger partial charge in [-0.1, -0.05) is 38.1 Å². The van der Waals surface area contributed by atoms with E-state index in [4.69, 9.17) is 5.26 Å². The zero-order valence-electron chi connectivity index (χ0n) is 14.2. The quantitative estimate of drug-likeness (QED) is 0.937. The van der Waals surface area contributed by atoms with Crippen LogP contribution in [0.2, 0.25) is 0 Å². The molecule has 0 aromatic heterocycles. The Labute approximate surface area is 146 Å². The number of nitriles is 1. The summed E-state index contributed by atoms with van der Waals surface area (Å²) < 4.78 is 0. The lowest BCUT2D eigenvalue weighted by Crippen LogP contribution is -2.45. The van der Waals surface area contributed by atoms with Crippen LogP contribution in [0, 0.1) is 11.3 Å². The van der Waals surface area contributed by atoms with Crippen molar-refractivity contribution in [2.45, 2.75) is 25.7 Å². The van der Waals surface area contributed by atoms with Gasteiger partial charge in [-0.3, -0.25) is 9.59 Å². The first-order valence-corrected chi connectivity index (χ1v) is 8.10. The van der Waals surface area contributed by atoms with Crippen LogP contribution in [0.5, 0.6) is 0 Å². The Hall–Kier alpha value is -3.13. The number of fused-ring (bicyclic) bond motifs is 1. The number of anilines is 2. The average Bonchev–Trinajstić information content (AvgIpc) is 2.58. The van der Waals surface area contributed by atoms with Gasteiger partial charge >= 0.3 is 0 Å². The van der Waals surface area contributed by atoms with Crippen molar-refractivity contribution >= 4 is 23.2 Å². The Morgan fingerprint density at radius 2 is 2.00 bits per heavy atom. The fraction of sp³-hybridized carbons (Fsp3) is 0.250. The van der Waals surface area contributed by atoms with Crippen molar-refractivity contribution in [1.29, 1.82) is 5.26 Å². The van der Waals surface area contributed by atoms with E-state index >= 15 is 0 Å². The summed E-state index contributed by atoms with van der Waals surface area (Å²) in [5.41, 5.74) is 2.61. The Kier molecular flexibility index (Phi) is 4.28. The van der Waals surface area contributed by atoms with Crippen LogP contribution >= 0.6 is 0 Å². The largest absolute Gasteiger partial charge is 0.324 e. The van der Waals surface area contributed by atoms with Crippen LogP contribution in [0.15, 0.2) is 48.5 Å². The highest BCUT2D eigenvalue weighted by Crippen LogP contribution is 2.39. The van der Waals surface area contributed by atoms with Crippen LogP contribution in [0.25, 0.3) is 0 Å². The van der Waals surface area contributed by atoms with Crippen LogP contribution in [-0.4, -0.2) is 18.4 Å². The molecule has 126 valence electrons. The Balaban J connectivity index is 1.81. The summed E-state index contributed by atoms with van der Waals surface area (Å²) in [7, 11) is 0. The number of carbonyl (C=O) groups excluding carboxylic acids is 2. The minimum atomic E-state index is -0.294. The Bertz CT molecular complexity index is 881. The van der Waals surface area contributed by atoms with E-state index in [1.165, 1.54) is 4.90 Å². The van der Waals surface area contributed by atoms with Crippen molar-refractivity contribution in [3.05, 3.63) is 59.7 Å². The van der Waals surface area contributed by atoms with Gasteiger partial charge in [0.15, 0.2) is 0 Å². The molecule has 3 rings (SSSR count). The van der Waals surface area contributed by atoms with E-state index in [1.807, 2.05) is 44.2 Å². The predicted molar refractivity (Wildman–Crippen MR) is 96.2 cm³/mol. The van der Waals surface area contributed by atoms with Gasteiger partial charge < -0.3 is 10.2 Å². The molecule has 0 saturated carbocycles. The molecule has 5 heteroatoms. The minimum Gasteiger partial charge on any atom is -0.324 e. The second kappa shape index (κ2) is 6.40. The number of nitrogens with zero attached hydrogens (tertiary/aromatic N) is 2. The molecule has 2 amide bonds. The predicted octanol–water partition coefficient (Wildman–Crippen LogP) is 3.21. The molecule has 2 aromatic rings. The van der Waals surface area contributed by atoms with Crippen LogP contribution in [0.4, 0.5) is 11.4 Å². The lowest BCUT2D eigenvalue weighted by Gasteiger charge is -2.38. The molecule has 1 aliphatic heterocycles. The van der Waals surface area contributed by atoms with Crippen molar-refractivity contribution in [3.63, 3.8) is 0 Å². The van der Waals surface area contributed by atoms with Gasteiger partial charge in [0.1, 0.15) is 6.54 Å². The third-order valence-corrected chi connectivity index (χ3v) is 4.40. The number of nitrogens with one attached hydrogen (secondary N) is 1. The van der Waals surface area contributed by atoms with Gasteiger partial charge in [-0.05, 0) is 29.8 Å². The second-order valence-electron chi connectivity index (χ2n) is 6.80. The van der Waals surface area contributed by atoms with E-state index in [9.17, 15) is 9.59 Å². The fourth-order valence-corrected chi connectivity index (χ4v) is 3.17. The maximum absolute atomic E-state index is 12.6. The smallest absolute Gasteiger partial charge is 0.244 e. The Morgan fingerprint density at radius 1 is 1.24 bits per heavy atom. The third kappa shape index (κ3) is 3.38. The van der Waals surface area contributed by atoms with Gasteiger partial charge in [0, 0.05) is 23.2 Å². The van der Waals surface area contributed by atoms with Crippen LogP contribution in [0.1, 0.15) is 31.4 Å². The molecule has 1 aliphatic rings. The van der Waals surface area contributed by atoms with E-state index in [0.29, 0.717) is 17.7 Å². The second-order valence-corrected chi connectivity index (χ2v) is 6.80. The van der Waals surface area contributed by atoms with E-state index < -0.39 is 0 Å². The van der Waals surface area contributed by atoms with E-state index in [2.05, 4.69) is 5.32 Å². The topological polar surface area (TPSA) is 73.2 Å². The highest BCUT2D eigenvalue weighted by atomic mass is 16.2. The summed E-state index contributed by atoms with van der Waals surface area (Å²) in [5, 5.41) is 11.7. The van der Waals surface area contributed by atoms with Crippen LogP contribution in [-0.2, 0) is 15.0 Å². The summed E-state index contributed by atoms with van der Waals surface area (Å²) in [5.74, 6) is -0.359. The van der Waals surface area contributed by atoms with Gasteiger partial charge in [-0.15, -0.1) is 0 Å². The molecule has 0 unspecified atom stereocenters. The summed E-state index contributed by atoms with van der Waals surface area (Å²) in [6.45, 7) is 4.02. The lowest BCUT2D eigenvalue weighted by molar-refractivity contribution is -0.122. The fourth-order valence-electron chi connectivity index (χ4n) is 3.17. The molecule has 0 bridgehead atoms. The van der Waals surface area contributed by atoms with E-state index in [0.717, 1.165) is 11.3 Å². The molecule has 0 radical (unpaired) electrons. The number of hydrogen-bond acceptors (Lipinski definition) is 3. The molecule has 2 aromatic carbocycles. The van der Waals surface area contributed by atoms with Crippen molar-refractivity contribution in [3.8, 4) is 6.07 Å². The molecule has 0 atom stereocenters. The Morgan fingerprint density at radius 3 is 2.76 bits per heavy atom. The number of para-hydroxylation sites is 1. The van der Waals surface area contributed by atoms with Crippen molar-refractivity contribution < 1.29 is 9.59 Å². The van der Waals surface area contributed by atoms with Gasteiger partial charge in [0.25, 0.3) is 0 Å². The van der Waals surface area contributed by atoms with Crippen LogP contribution < -0.4 is 10.2 Å². The number of hydrogen-bond donors (Lipinski definition) is 1. The maximum atomic E-state index is 12.6. The average molecular weight is 333 g/mol. The molecule has 0 saturated heterocycles. The molecule has 0 fully saturated rings. The van der Waals surface area contributed by atoms with Gasteiger partial charge in [0.05, 0.1) is 11.6 Å². The van der Waals surface area contributed by atoms with Crippen molar-refractivity contribution in [1.82, 2.24) is 0 Å². The number of carbonyl (C=O) groups is 2. The number of benzene rings is 2. The van der Waals surface area contributed by atoms with Crippen LogP contribution in [0.3, 0.4) is 0 Å². The lowest BCUT2D eigenvalue weighted by atomic mass is 9.77. The zero-order valence-corrected chi connectivity index (χ0v) is 14.2. The number of amides is 2. The first-order valence-electron chi connectivity index (χ1n) is 8.10. The summed E-state index contributed by atoms with van der Waals surface area (Å²) in [6, 6.07) is 16.4. The highest BCUT2D eigenvalue weighted by molar-refractivity contribution is 6.04. The summed E-state index contributed by atoms with van der Waals surface area (Å²) >= 11 is 0. The molecule has 1 heterocycles. The van der Waals surface area contributed by atoms with Gasteiger partial charge in [-0.2, -0.15) is 5.26 Å². The normalized spacial score (nSPS) is 15.2. The van der Waals surface area contributed by atoms with Crippen molar-refractivity contribution in [2.75, 3.05) is 16.8 Å². The number of rotatable bonds is 3. The summed E-state index contributed by atoms with van der Waals surface area (Å²) in [4.78, 5) is 26.5. The van der Waals surface area contributed by atoms with Gasteiger partial charge in [0.2, 0.25) is 11.8 Å². The molecule has 25 heavy (non-hydrogen) atoms. The first kappa shape index (κ1) is 16.7. The molecule has 1 N–H and O–H groups in total. The summed E-state index contributed by atoms with van der Waals surface area (Å²) in [6.07, 6.45) is 0.362. The third-order valence-electron chi connectivity index (χ3n) is 4.40.